The van der Waals surface area contributed by atoms with Crippen LogP contribution in [0.4, 0.5) is 0 Å². The largest absolute Gasteiger partial charge is 0.493 e. The van der Waals surface area contributed by atoms with Gasteiger partial charge in [0.1, 0.15) is 0 Å². The smallest absolute Gasteiger partial charge is 0.203 e. The van der Waals surface area contributed by atoms with E-state index in [1.165, 1.54) is 0 Å². The molecule has 0 heterocycles. The van der Waals surface area contributed by atoms with Crippen molar-refractivity contribution < 1.29 is 19.3 Å². The molecule has 1 atom stereocenters. The Morgan fingerprint density at radius 2 is 1.77 bits per heavy atom. The maximum atomic E-state index is 9.30. The second kappa shape index (κ2) is 16.3. The number of nitrogens with one attached hydrogen (secondary N) is 2. The molecule has 0 amide bonds. The summed E-state index contributed by atoms with van der Waals surface area (Å²) in [4.78, 5) is 4.73. The lowest BCUT2D eigenvalue weighted by Crippen LogP contribution is -2.38. The summed E-state index contributed by atoms with van der Waals surface area (Å²) >= 11 is 0. The highest BCUT2D eigenvalue weighted by Crippen LogP contribution is 2.39. The monoisotopic (exact) mass is 537 g/mol. The van der Waals surface area contributed by atoms with Crippen molar-refractivity contribution in [2.45, 2.75) is 40.0 Å². The Morgan fingerprint density at radius 1 is 1.07 bits per heavy atom. The van der Waals surface area contributed by atoms with Gasteiger partial charge in [0.2, 0.25) is 5.75 Å². The van der Waals surface area contributed by atoms with Gasteiger partial charge in [-0.15, -0.1) is 24.0 Å². The van der Waals surface area contributed by atoms with Gasteiger partial charge in [-0.25, -0.2) is 0 Å². The van der Waals surface area contributed by atoms with E-state index in [2.05, 4.69) is 24.5 Å². The molecule has 1 unspecified atom stereocenters. The third kappa shape index (κ3) is 9.59. The summed E-state index contributed by atoms with van der Waals surface area (Å²) in [5, 5.41) is 16.0. The van der Waals surface area contributed by atoms with E-state index in [0.717, 1.165) is 37.3 Å². The molecule has 8 heteroatoms. The number of aliphatic hydroxyl groups excluding tert-OH is 1. The van der Waals surface area contributed by atoms with Crippen LogP contribution < -0.4 is 24.8 Å². The van der Waals surface area contributed by atoms with Gasteiger partial charge in [0.05, 0.1) is 21.3 Å². The van der Waals surface area contributed by atoms with Gasteiger partial charge >= 0.3 is 0 Å². The minimum absolute atomic E-state index is 0. The number of ether oxygens (including phenoxy) is 3. The molecule has 0 fully saturated rings. The van der Waals surface area contributed by atoms with Gasteiger partial charge in [0.25, 0.3) is 0 Å². The summed E-state index contributed by atoms with van der Waals surface area (Å²) in [5.74, 6) is 3.72. The van der Waals surface area contributed by atoms with E-state index < -0.39 is 0 Å². The number of aliphatic imine (C=N–C) groups is 1. The molecule has 0 aromatic heterocycles. The van der Waals surface area contributed by atoms with Gasteiger partial charge < -0.3 is 30.0 Å². The third-order valence-electron chi connectivity index (χ3n) is 4.67. The van der Waals surface area contributed by atoms with Crippen LogP contribution in [0.2, 0.25) is 0 Å². The van der Waals surface area contributed by atoms with Crippen LogP contribution in [0.5, 0.6) is 17.2 Å². The molecule has 0 spiro atoms. The number of hydrogen-bond donors (Lipinski definition) is 3. The summed E-state index contributed by atoms with van der Waals surface area (Å²) in [6.45, 7) is 8.85. The lowest BCUT2D eigenvalue weighted by Gasteiger charge is -2.18. The average Bonchev–Trinajstić information content (AvgIpc) is 2.70. The zero-order valence-corrected chi connectivity index (χ0v) is 21.6. The van der Waals surface area contributed by atoms with E-state index >= 15 is 0 Å². The Kier molecular flexibility index (Phi) is 15.5. The lowest BCUT2D eigenvalue weighted by molar-refractivity contribution is 0.245. The summed E-state index contributed by atoms with van der Waals surface area (Å²) < 4.78 is 16.4. The summed E-state index contributed by atoms with van der Waals surface area (Å²) in [6, 6.07) is 3.88. The predicted octanol–water partition coefficient (Wildman–Crippen LogP) is 3.47. The molecule has 0 saturated carbocycles. The van der Waals surface area contributed by atoms with Crippen LogP contribution >= 0.6 is 24.0 Å². The topological polar surface area (TPSA) is 84.3 Å². The quantitative estimate of drug-likeness (QED) is 0.203. The van der Waals surface area contributed by atoms with Crippen LogP contribution in [0, 0.1) is 11.8 Å². The standard InChI is InChI=1S/C22H39N3O4.HI/c1-7-23-22(25-15-17(11-13-26)14-16(2)3)24-12-10-18-8-9-19(27-4)21(29-6)20(18)28-5;/h8-9,16-17,26H,7,10-15H2,1-6H3,(H2,23,24,25);1H. The van der Waals surface area contributed by atoms with Crippen molar-refractivity contribution in [3.63, 3.8) is 0 Å². The SMILES string of the molecule is CCNC(=NCC(CCO)CC(C)C)NCCc1ccc(OC)c(OC)c1OC.I. The van der Waals surface area contributed by atoms with E-state index in [9.17, 15) is 5.11 Å². The number of methoxy groups -OCH3 is 3. The molecule has 174 valence electrons. The Hall–Kier alpha value is -1.42. The molecule has 30 heavy (non-hydrogen) atoms. The fourth-order valence-electron chi connectivity index (χ4n) is 3.37. The van der Waals surface area contributed by atoms with Crippen molar-refractivity contribution in [3.05, 3.63) is 17.7 Å². The molecule has 7 nitrogen and oxygen atoms in total. The van der Waals surface area contributed by atoms with Crippen molar-refractivity contribution in [1.82, 2.24) is 10.6 Å². The molecule has 0 saturated heterocycles. The van der Waals surface area contributed by atoms with Crippen LogP contribution in [0.25, 0.3) is 0 Å². The van der Waals surface area contributed by atoms with Crippen molar-refractivity contribution >= 4 is 29.9 Å². The number of aliphatic hydroxyl groups is 1. The third-order valence-corrected chi connectivity index (χ3v) is 4.67. The highest BCUT2D eigenvalue weighted by atomic mass is 127. The van der Waals surface area contributed by atoms with E-state index in [4.69, 9.17) is 19.2 Å². The highest BCUT2D eigenvalue weighted by Gasteiger charge is 2.16. The van der Waals surface area contributed by atoms with Crippen LogP contribution in [0.3, 0.4) is 0 Å². The van der Waals surface area contributed by atoms with Crippen LogP contribution in [0.1, 0.15) is 39.2 Å². The molecule has 0 bridgehead atoms. The first-order chi connectivity index (χ1) is 14.0. The van der Waals surface area contributed by atoms with Crippen molar-refractivity contribution in [1.29, 1.82) is 0 Å². The Bertz CT molecular complexity index is 627. The molecule has 0 aliphatic heterocycles. The molecule has 0 radical (unpaired) electrons. The predicted molar refractivity (Wildman–Crippen MR) is 134 cm³/mol. The highest BCUT2D eigenvalue weighted by molar-refractivity contribution is 14.0. The number of guanidine groups is 1. The van der Waals surface area contributed by atoms with Crippen LogP contribution in [-0.4, -0.2) is 58.6 Å². The van der Waals surface area contributed by atoms with Crippen LogP contribution in [-0.2, 0) is 6.42 Å². The first kappa shape index (κ1) is 28.6. The molecule has 0 aliphatic carbocycles. The molecule has 3 N–H and O–H groups in total. The minimum atomic E-state index is 0. The second-order valence-corrected chi connectivity index (χ2v) is 7.40. The zero-order valence-electron chi connectivity index (χ0n) is 19.3. The fraction of sp³-hybridized carbons (Fsp3) is 0.682. The van der Waals surface area contributed by atoms with Gasteiger partial charge in [0.15, 0.2) is 17.5 Å². The molecule has 1 aromatic rings. The molecule has 0 aliphatic rings. The van der Waals surface area contributed by atoms with Crippen molar-refractivity contribution in [2.75, 3.05) is 47.6 Å². The van der Waals surface area contributed by atoms with E-state index in [1.807, 2.05) is 19.1 Å². The van der Waals surface area contributed by atoms with Crippen LogP contribution in [0.15, 0.2) is 17.1 Å². The first-order valence-electron chi connectivity index (χ1n) is 10.4. The fourth-order valence-corrected chi connectivity index (χ4v) is 3.37. The normalized spacial score (nSPS) is 12.2. The van der Waals surface area contributed by atoms with E-state index in [0.29, 0.717) is 42.2 Å². The molecule has 1 aromatic carbocycles. The summed E-state index contributed by atoms with van der Waals surface area (Å²) in [7, 11) is 4.86. The summed E-state index contributed by atoms with van der Waals surface area (Å²) in [6.07, 6.45) is 2.59. The maximum absolute atomic E-state index is 9.30. The van der Waals surface area contributed by atoms with Gasteiger partial charge in [-0.05, 0) is 44.1 Å². The molecule has 1 rings (SSSR count). The molecular weight excluding hydrogens is 497 g/mol. The van der Waals surface area contributed by atoms with Crippen molar-refractivity contribution in [3.8, 4) is 17.2 Å². The maximum Gasteiger partial charge on any atom is 0.203 e. The van der Waals surface area contributed by atoms with Crippen molar-refractivity contribution in [2.24, 2.45) is 16.8 Å². The van der Waals surface area contributed by atoms with E-state index in [1.54, 1.807) is 21.3 Å². The van der Waals surface area contributed by atoms with Gasteiger partial charge in [-0.2, -0.15) is 0 Å². The Labute approximate surface area is 199 Å². The number of hydrogen-bond acceptors (Lipinski definition) is 5. The summed E-state index contributed by atoms with van der Waals surface area (Å²) in [5.41, 5.74) is 1.03. The molecular formula is C22H40IN3O4. The minimum Gasteiger partial charge on any atom is -0.493 e. The van der Waals surface area contributed by atoms with Gasteiger partial charge in [0, 0.05) is 31.8 Å². The lowest BCUT2D eigenvalue weighted by atomic mass is 9.94. The first-order valence-corrected chi connectivity index (χ1v) is 10.4. The Balaban J connectivity index is 0.00000841. The second-order valence-electron chi connectivity index (χ2n) is 7.40. The number of benzene rings is 1. The van der Waals surface area contributed by atoms with Gasteiger partial charge in [-0.3, -0.25) is 4.99 Å². The Morgan fingerprint density at radius 3 is 2.30 bits per heavy atom. The number of rotatable bonds is 13. The average molecular weight is 537 g/mol. The van der Waals surface area contributed by atoms with E-state index in [-0.39, 0.29) is 30.6 Å². The zero-order chi connectivity index (χ0) is 21.6. The number of halogens is 1. The number of nitrogens with zero attached hydrogens (tertiary/aromatic N) is 1. The van der Waals surface area contributed by atoms with Gasteiger partial charge in [-0.1, -0.05) is 19.9 Å².